The van der Waals surface area contributed by atoms with Crippen LogP contribution in [0.25, 0.3) is 0 Å². The summed E-state index contributed by atoms with van der Waals surface area (Å²) >= 11 is 0. The second-order valence-corrected chi connectivity index (χ2v) is 7.31. The number of amides is 2. The van der Waals surface area contributed by atoms with Gasteiger partial charge in [0, 0.05) is 25.4 Å². The highest BCUT2D eigenvalue weighted by molar-refractivity contribution is 5.82. The molecule has 1 aromatic rings. The number of nitrogens with one attached hydrogen (secondary N) is 2. The van der Waals surface area contributed by atoms with E-state index in [1.165, 1.54) is 12.8 Å². The van der Waals surface area contributed by atoms with Crippen molar-refractivity contribution in [3.63, 3.8) is 0 Å². The van der Waals surface area contributed by atoms with Gasteiger partial charge >= 0.3 is 0 Å². The summed E-state index contributed by atoms with van der Waals surface area (Å²) in [6.07, 6.45) is 6.37. The maximum absolute atomic E-state index is 11.9. The van der Waals surface area contributed by atoms with E-state index in [-0.39, 0.29) is 17.7 Å². The van der Waals surface area contributed by atoms with Crippen molar-refractivity contribution in [1.29, 1.82) is 0 Å². The van der Waals surface area contributed by atoms with E-state index in [1.54, 1.807) is 0 Å². The number of carbonyl (C=O) groups excluding carboxylic acids is 2. The average molecular weight is 344 g/mol. The van der Waals surface area contributed by atoms with E-state index in [1.807, 2.05) is 24.3 Å². The molecule has 5 nitrogen and oxygen atoms in total. The highest BCUT2D eigenvalue weighted by atomic mass is 16.5. The van der Waals surface area contributed by atoms with Gasteiger partial charge in [0.25, 0.3) is 0 Å². The summed E-state index contributed by atoms with van der Waals surface area (Å²) in [6.45, 7) is 2.95. The summed E-state index contributed by atoms with van der Waals surface area (Å²) < 4.78 is 5.99. The molecule has 1 aromatic carbocycles. The molecule has 0 spiro atoms. The maximum Gasteiger partial charge on any atom is 0.223 e. The molecule has 2 atom stereocenters. The van der Waals surface area contributed by atoms with E-state index in [0.717, 1.165) is 30.6 Å². The molecular formula is C20H28N2O3. The maximum atomic E-state index is 11.9. The van der Waals surface area contributed by atoms with Crippen molar-refractivity contribution < 1.29 is 14.3 Å². The third-order valence-electron chi connectivity index (χ3n) is 5.09. The van der Waals surface area contributed by atoms with Crippen LogP contribution in [0.2, 0.25) is 0 Å². The van der Waals surface area contributed by atoms with Gasteiger partial charge in [-0.25, -0.2) is 0 Å². The van der Waals surface area contributed by atoms with Crippen LogP contribution in [-0.4, -0.2) is 24.5 Å². The minimum absolute atomic E-state index is 0.0498. The summed E-state index contributed by atoms with van der Waals surface area (Å²) in [5.74, 6) is 1.56. The van der Waals surface area contributed by atoms with Crippen LogP contribution >= 0.6 is 0 Å². The zero-order valence-corrected chi connectivity index (χ0v) is 14.9. The Morgan fingerprint density at radius 1 is 1.20 bits per heavy atom. The molecule has 5 heteroatoms. The highest BCUT2D eigenvalue weighted by Gasteiger charge is 2.38. The van der Waals surface area contributed by atoms with Gasteiger partial charge in [-0.3, -0.25) is 9.59 Å². The first-order chi connectivity index (χ1) is 12.1. The van der Waals surface area contributed by atoms with Gasteiger partial charge < -0.3 is 15.4 Å². The van der Waals surface area contributed by atoms with Crippen LogP contribution in [0.5, 0.6) is 5.75 Å². The lowest BCUT2D eigenvalue weighted by molar-refractivity contribution is -0.123. The zero-order chi connectivity index (χ0) is 17.6. The first kappa shape index (κ1) is 17.8. The van der Waals surface area contributed by atoms with Gasteiger partial charge in [-0.2, -0.15) is 0 Å². The lowest BCUT2D eigenvalue weighted by Gasteiger charge is -2.14. The lowest BCUT2D eigenvalue weighted by Crippen LogP contribution is -2.31. The number of ether oxygens (including phenoxy) is 1. The molecular weight excluding hydrogens is 316 g/mol. The summed E-state index contributed by atoms with van der Waals surface area (Å²) in [5.41, 5.74) is 1.03. The molecule has 2 saturated carbocycles. The van der Waals surface area contributed by atoms with Crippen molar-refractivity contribution in [2.75, 3.05) is 6.54 Å². The molecule has 0 unspecified atom stereocenters. The Balaban J connectivity index is 1.35. The normalized spacial score (nSPS) is 22.4. The van der Waals surface area contributed by atoms with E-state index >= 15 is 0 Å². The zero-order valence-electron chi connectivity index (χ0n) is 14.9. The molecule has 0 aromatic heterocycles. The Morgan fingerprint density at radius 3 is 2.68 bits per heavy atom. The Bertz CT molecular complexity index is 611. The second kappa shape index (κ2) is 8.37. The quantitative estimate of drug-likeness (QED) is 0.762. The standard InChI is InChI=1S/C20H28N2O3/c1-14-11-18(14)20(24)21-10-9-19(23)22-13-15-5-4-8-17(12-15)25-16-6-2-3-7-16/h4-5,8,12,14,16,18H,2-3,6-7,9-11,13H2,1H3,(H,21,24)(H,22,23)/t14-,18-/m0/s1. The van der Waals surface area contributed by atoms with Gasteiger partial charge in [0.05, 0.1) is 6.10 Å². The van der Waals surface area contributed by atoms with Crippen LogP contribution in [0.15, 0.2) is 24.3 Å². The van der Waals surface area contributed by atoms with Gasteiger partial charge in [-0.15, -0.1) is 0 Å². The van der Waals surface area contributed by atoms with Crippen LogP contribution < -0.4 is 15.4 Å². The molecule has 2 aliphatic carbocycles. The summed E-state index contributed by atoms with van der Waals surface area (Å²) in [5, 5.41) is 5.74. The summed E-state index contributed by atoms with van der Waals surface area (Å²) in [4.78, 5) is 23.6. The van der Waals surface area contributed by atoms with Crippen LogP contribution in [0.1, 0.15) is 51.0 Å². The SMILES string of the molecule is C[C@H]1C[C@@H]1C(=O)NCCC(=O)NCc1cccc(OC2CCCC2)c1. The van der Waals surface area contributed by atoms with Crippen LogP contribution in [0, 0.1) is 11.8 Å². The molecule has 2 fully saturated rings. The molecule has 2 N–H and O–H groups in total. The average Bonchev–Trinajstić information content (AvgIpc) is 3.11. The van der Waals surface area contributed by atoms with E-state index in [4.69, 9.17) is 4.74 Å². The first-order valence-electron chi connectivity index (χ1n) is 9.42. The predicted octanol–water partition coefficient (Wildman–Crippen LogP) is 2.79. The highest BCUT2D eigenvalue weighted by Crippen LogP contribution is 2.37. The predicted molar refractivity (Wildman–Crippen MR) is 96.1 cm³/mol. The molecule has 0 bridgehead atoms. The lowest BCUT2D eigenvalue weighted by atomic mass is 10.2. The molecule has 0 radical (unpaired) electrons. The van der Waals surface area contributed by atoms with E-state index in [2.05, 4.69) is 17.6 Å². The number of carbonyl (C=O) groups is 2. The fourth-order valence-corrected chi connectivity index (χ4v) is 3.33. The van der Waals surface area contributed by atoms with Crippen molar-refractivity contribution in [3.8, 4) is 5.75 Å². The fourth-order valence-electron chi connectivity index (χ4n) is 3.33. The molecule has 25 heavy (non-hydrogen) atoms. The molecule has 2 amide bonds. The minimum atomic E-state index is -0.0498. The number of benzene rings is 1. The minimum Gasteiger partial charge on any atom is -0.490 e. The first-order valence-corrected chi connectivity index (χ1v) is 9.42. The number of hydrogen-bond acceptors (Lipinski definition) is 3. The molecule has 136 valence electrons. The Labute approximate surface area is 149 Å². The van der Waals surface area contributed by atoms with E-state index in [0.29, 0.717) is 31.5 Å². The van der Waals surface area contributed by atoms with Gasteiger partial charge in [-0.1, -0.05) is 19.1 Å². The van der Waals surface area contributed by atoms with Gasteiger partial charge in [-0.05, 0) is 55.7 Å². The van der Waals surface area contributed by atoms with Gasteiger partial charge in [0.1, 0.15) is 5.75 Å². The topological polar surface area (TPSA) is 67.4 Å². The second-order valence-electron chi connectivity index (χ2n) is 7.31. The third kappa shape index (κ3) is 5.48. The largest absolute Gasteiger partial charge is 0.490 e. The van der Waals surface area contributed by atoms with Crippen molar-refractivity contribution in [3.05, 3.63) is 29.8 Å². The molecule has 0 heterocycles. The molecule has 2 aliphatic rings. The smallest absolute Gasteiger partial charge is 0.223 e. The summed E-state index contributed by atoms with van der Waals surface area (Å²) in [7, 11) is 0. The Kier molecular flexibility index (Phi) is 5.95. The van der Waals surface area contributed by atoms with E-state index in [9.17, 15) is 9.59 Å². The van der Waals surface area contributed by atoms with Crippen molar-refractivity contribution >= 4 is 11.8 Å². The van der Waals surface area contributed by atoms with Crippen LogP contribution in [-0.2, 0) is 16.1 Å². The molecule has 0 saturated heterocycles. The fraction of sp³-hybridized carbons (Fsp3) is 0.600. The molecule has 0 aliphatic heterocycles. The van der Waals surface area contributed by atoms with E-state index < -0.39 is 0 Å². The third-order valence-corrected chi connectivity index (χ3v) is 5.09. The van der Waals surface area contributed by atoms with Crippen molar-refractivity contribution in [1.82, 2.24) is 10.6 Å². The molecule has 3 rings (SSSR count). The van der Waals surface area contributed by atoms with Crippen LogP contribution in [0.4, 0.5) is 0 Å². The Hall–Kier alpha value is -2.04. The number of hydrogen-bond donors (Lipinski definition) is 2. The van der Waals surface area contributed by atoms with Gasteiger partial charge in [0.15, 0.2) is 0 Å². The monoisotopic (exact) mass is 344 g/mol. The van der Waals surface area contributed by atoms with Crippen molar-refractivity contribution in [2.24, 2.45) is 11.8 Å². The number of rotatable bonds is 8. The Morgan fingerprint density at radius 2 is 1.96 bits per heavy atom. The van der Waals surface area contributed by atoms with Gasteiger partial charge in [0.2, 0.25) is 11.8 Å². The van der Waals surface area contributed by atoms with Crippen molar-refractivity contribution in [2.45, 2.75) is 58.1 Å². The summed E-state index contributed by atoms with van der Waals surface area (Å²) in [6, 6.07) is 7.91. The van der Waals surface area contributed by atoms with Crippen LogP contribution in [0.3, 0.4) is 0 Å².